The van der Waals surface area contributed by atoms with Gasteiger partial charge in [-0.15, -0.1) is 0 Å². The van der Waals surface area contributed by atoms with E-state index in [-0.39, 0.29) is 11.8 Å². The average molecular weight is 430 g/mol. The summed E-state index contributed by atoms with van der Waals surface area (Å²) in [6, 6.07) is 14.6. The second-order valence-corrected chi connectivity index (χ2v) is 7.14. The second kappa shape index (κ2) is 9.24. The summed E-state index contributed by atoms with van der Waals surface area (Å²) in [4.78, 5) is 11.3. The highest BCUT2D eigenvalue weighted by Gasteiger charge is 2.37. The maximum absolute atomic E-state index is 13.7. The molecule has 0 N–H and O–H groups in total. The molecule has 0 unspecified atom stereocenters. The standard InChI is InChI=1S/C23H25F3N4O/c1-5-6-16-7-9-18(10-8-16)30(3)22-27-15-20(23(24,25)26)21(28-22)29(2)17-11-13-19(31-4)14-12-17/h7-15H,5-6H2,1-4H3. The van der Waals surface area contributed by atoms with Crippen molar-refractivity contribution in [1.29, 1.82) is 0 Å². The molecular weight excluding hydrogens is 405 g/mol. The normalized spacial score (nSPS) is 11.3. The number of hydrogen-bond donors (Lipinski definition) is 0. The molecule has 0 bridgehead atoms. The van der Waals surface area contributed by atoms with Crippen LogP contribution in [-0.4, -0.2) is 31.2 Å². The van der Waals surface area contributed by atoms with Gasteiger partial charge in [0.2, 0.25) is 5.95 Å². The molecule has 0 saturated carbocycles. The lowest BCUT2D eigenvalue weighted by Crippen LogP contribution is -2.21. The minimum absolute atomic E-state index is 0.173. The van der Waals surface area contributed by atoms with E-state index in [2.05, 4.69) is 16.9 Å². The molecule has 0 aliphatic carbocycles. The van der Waals surface area contributed by atoms with E-state index in [0.717, 1.165) is 24.7 Å². The molecular formula is C23H25F3N4O. The molecule has 0 amide bonds. The summed E-state index contributed by atoms with van der Waals surface area (Å²) in [7, 11) is 4.80. The van der Waals surface area contributed by atoms with Gasteiger partial charge in [-0.3, -0.25) is 0 Å². The molecule has 0 atom stereocenters. The van der Waals surface area contributed by atoms with Crippen LogP contribution in [0.1, 0.15) is 24.5 Å². The first-order valence-corrected chi connectivity index (χ1v) is 9.89. The Balaban J connectivity index is 1.99. The fourth-order valence-electron chi connectivity index (χ4n) is 3.20. The summed E-state index contributed by atoms with van der Waals surface area (Å²) >= 11 is 0. The van der Waals surface area contributed by atoms with Gasteiger partial charge < -0.3 is 14.5 Å². The lowest BCUT2D eigenvalue weighted by molar-refractivity contribution is -0.137. The first-order valence-electron chi connectivity index (χ1n) is 9.89. The number of methoxy groups -OCH3 is 1. The van der Waals surface area contributed by atoms with Crippen LogP contribution >= 0.6 is 0 Å². The van der Waals surface area contributed by atoms with Crippen LogP contribution in [0.3, 0.4) is 0 Å². The van der Waals surface area contributed by atoms with Crippen molar-refractivity contribution in [2.75, 3.05) is 31.0 Å². The molecule has 3 aromatic rings. The van der Waals surface area contributed by atoms with Gasteiger partial charge in [0, 0.05) is 31.7 Å². The summed E-state index contributed by atoms with van der Waals surface area (Å²) < 4.78 is 46.2. The minimum Gasteiger partial charge on any atom is -0.497 e. The van der Waals surface area contributed by atoms with Crippen LogP contribution in [0, 0.1) is 0 Å². The smallest absolute Gasteiger partial charge is 0.421 e. The van der Waals surface area contributed by atoms with Gasteiger partial charge in [-0.25, -0.2) is 4.98 Å². The van der Waals surface area contributed by atoms with Crippen molar-refractivity contribution in [3.8, 4) is 5.75 Å². The van der Waals surface area contributed by atoms with Crippen molar-refractivity contribution in [2.45, 2.75) is 25.9 Å². The molecule has 3 rings (SSSR count). The number of rotatable bonds is 7. The third-order valence-electron chi connectivity index (χ3n) is 5.00. The molecule has 164 valence electrons. The molecule has 8 heteroatoms. The highest BCUT2D eigenvalue weighted by molar-refractivity contribution is 5.66. The zero-order valence-electron chi connectivity index (χ0n) is 17.9. The summed E-state index contributed by atoms with van der Waals surface area (Å²) in [5.41, 5.74) is 1.63. The van der Waals surface area contributed by atoms with Crippen LogP contribution in [0.2, 0.25) is 0 Å². The number of hydrogen-bond acceptors (Lipinski definition) is 5. The third kappa shape index (κ3) is 5.07. The number of aryl methyl sites for hydroxylation is 1. The van der Waals surface area contributed by atoms with Gasteiger partial charge in [-0.05, 0) is 48.4 Å². The molecule has 0 saturated heterocycles. The molecule has 0 aliphatic heterocycles. The molecule has 0 radical (unpaired) electrons. The molecule has 1 aromatic heterocycles. The molecule has 31 heavy (non-hydrogen) atoms. The summed E-state index contributed by atoms with van der Waals surface area (Å²) in [5.74, 6) is 0.562. The maximum atomic E-state index is 13.7. The van der Waals surface area contributed by atoms with E-state index in [9.17, 15) is 13.2 Å². The molecule has 0 fully saturated rings. The number of halogens is 3. The number of ether oxygens (including phenoxy) is 1. The Kier molecular flexibility index (Phi) is 6.68. The first-order chi connectivity index (χ1) is 14.7. The van der Waals surface area contributed by atoms with Gasteiger partial charge >= 0.3 is 6.18 Å². The average Bonchev–Trinajstić information content (AvgIpc) is 2.78. The Morgan fingerprint density at radius 1 is 0.903 bits per heavy atom. The Hall–Kier alpha value is -3.29. The number of benzene rings is 2. The summed E-state index contributed by atoms with van der Waals surface area (Å²) in [5, 5.41) is 0. The fraction of sp³-hybridized carbons (Fsp3) is 0.304. The zero-order valence-corrected chi connectivity index (χ0v) is 17.9. The van der Waals surface area contributed by atoms with Crippen LogP contribution in [0.4, 0.5) is 36.3 Å². The lowest BCUT2D eigenvalue weighted by Gasteiger charge is -2.25. The molecule has 1 heterocycles. The van der Waals surface area contributed by atoms with E-state index in [1.165, 1.54) is 17.6 Å². The van der Waals surface area contributed by atoms with Gasteiger partial charge in [-0.2, -0.15) is 18.2 Å². The van der Waals surface area contributed by atoms with E-state index in [0.29, 0.717) is 11.4 Å². The van der Waals surface area contributed by atoms with Crippen molar-refractivity contribution >= 4 is 23.1 Å². The largest absolute Gasteiger partial charge is 0.497 e. The predicted octanol–water partition coefficient (Wildman–Crippen LogP) is 5.99. The molecule has 0 spiro atoms. The quantitative estimate of drug-likeness (QED) is 0.460. The second-order valence-electron chi connectivity index (χ2n) is 7.14. The Labute approximate surface area is 180 Å². The summed E-state index contributed by atoms with van der Waals surface area (Å²) in [6.07, 6.45) is -1.75. The van der Waals surface area contributed by atoms with E-state index in [1.807, 2.05) is 24.3 Å². The van der Waals surface area contributed by atoms with Crippen LogP contribution in [-0.2, 0) is 12.6 Å². The Morgan fingerprint density at radius 3 is 2.03 bits per heavy atom. The van der Waals surface area contributed by atoms with E-state index in [1.54, 1.807) is 43.3 Å². The topological polar surface area (TPSA) is 41.5 Å². The SMILES string of the molecule is CCCc1ccc(N(C)c2ncc(C(F)(F)F)c(N(C)c3ccc(OC)cc3)n2)cc1. The van der Waals surface area contributed by atoms with Crippen molar-refractivity contribution in [1.82, 2.24) is 9.97 Å². The fourth-order valence-corrected chi connectivity index (χ4v) is 3.20. The number of aromatic nitrogens is 2. The number of nitrogens with zero attached hydrogens (tertiary/aromatic N) is 4. The highest BCUT2D eigenvalue weighted by atomic mass is 19.4. The van der Waals surface area contributed by atoms with Gasteiger partial charge in [-0.1, -0.05) is 25.5 Å². The van der Waals surface area contributed by atoms with Gasteiger partial charge in [0.05, 0.1) is 7.11 Å². The van der Waals surface area contributed by atoms with Crippen molar-refractivity contribution in [2.24, 2.45) is 0 Å². The minimum atomic E-state index is -4.59. The molecule has 0 aliphatic rings. The maximum Gasteiger partial charge on any atom is 0.421 e. The molecule has 5 nitrogen and oxygen atoms in total. The van der Waals surface area contributed by atoms with Gasteiger partial charge in [0.15, 0.2) is 5.82 Å². The van der Waals surface area contributed by atoms with Crippen molar-refractivity contribution in [3.63, 3.8) is 0 Å². The monoisotopic (exact) mass is 430 g/mol. The van der Waals surface area contributed by atoms with Crippen LogP contribution in [0.5, 0.6) is 5.75 Å². The number of anilines is 4. The van der Waals surface area contributed by atoms with Crippen LogP contribution < -0.4 is 14.5 Å². The molecule has 2 aromatic carbocycles. The Bertz CT molecular complexity index is 1000. The van der Waals surface area contributed by atoms with Crippen molar-refractivity contribution in [3.05, 3.63) is 65.9 Å². The summed E-state index contributed by atoms with van der Waals surface area (Å²) in [6.45, 7) is 2.11. The van der Waals surface area contributed by atoms with Crippen molar-refractivity contribution < 1.29 is 17.9 Å². The van der Waals surface area contributed by atoms with Crippen LogP contribution in [0.15, 0.2) is 54.7 Å². The highest BCUT2D eigenvalue weighted by Crippen LogP contribution is 2.38. The Morgan fingerprint density at radius 2 is 1.48 bits per heavy atom. The van der Waals surface area contributed by atoms with Crippen LogP contribution in [0.25, 0.3) is 0 Å². The van der Waals surface area contributed by atoms with E-state index >= 15 is 0 Å². The lowest BCUT2D eigenvalue weighted by atomic mass is 10.1. The first kappa shape index (κ1) is 22.4. The predicted molar refractivity (Wildman–Crippen MR) is 117 cm³/mol. The zero-order chi connectivity index (χ0) is 22.6. The van der Waals surface area contributed by atoms with E-state index in [4.69, 9.17) is 4.74 Å². The van der Waals surface area contributed by atoms with E-state index < -0.39 is 11.7 Å². The van der Waals surface area contributed by atoms with Gasteiger partial charge in [0.25, 0.3) is 0 Å². The third-order valence-corrected chi connectivity index (χ3v) is 5.00. The number of alkyl halides is 3. The van der Waals surface area contributed by atoms with Gasteiger partial charge in [0.1, 0.15) is 11.3 Å².